The van der Waals surface area contributed by atoms with Gasteiger partial charge in [0, 0.05) is 5.56 Å². The lowest BCUT2D eigenvalue weighted by molar-refractivity contribution is 0.288. The fourth-order valence-corrected chi connectivity index (χ4v) is 2.07. The molecule has 0 aliphatic heterocycles. The van der Waals surface area contributed by atoms with Gasteiger partial charge in [-0.25, -0.2) is 9.37 Å². The van der Waals surface area contributed by atoms with Crippen molar-refractivity contribution in [3.05, 3.63) is 59.0 Å². The number of halogens is 2. The molecule has 2 rings (SSSR count). The fourth-order valence-electron chi connectivity index (χ4n) is 1.83. The van der Waals surface area contributed by atoms with E-state index >= 15 is 0 Å². The Bertz CT molecular complexity index is 656. The zero-order valence-corrected chi connectivity index (χ0v) is 12.3. The van der Waals surface area contributed by atoms with E-state index in [1.165, 1.54) is 12.1 Å². The first-order valence-corrected chi connectivity index (χ1v) is 6.72. The maximum atomic E-state index is 13.0. The van der Waals surface area contributed by atoms with E-state index in [-0.39, 0.29) is 19.0 Å². The number of aliphatic hydroxyl groups is 1. The average Bonchev–Trinajstić information content (AvgIpc) is 2.46. The van der Waals surface area contributed by atoms with Crippen LogP contribution in [0.4, 0.5) is 4.39 Å². The van der Waals surface area contributed by atoms with E-state index < -0.39 is 0 Å². The van der Waals surface area contributed by atoms with Crippen LogP contribution in [0.3, 0.4) is 0 Å². The quantitative estimate of drug-likeness (QED) is 0.675. The number of nitrogens with zero attached hydrogens (tertiary/aromatic N) is 1. The molecule has 0 saturated carbocycles. The predicted octanol–water partition coefficient (Wildman–Crippen LogP) is 3.78. The summed E-state index contributed by atoms with van der Waals surface area (Å²) in [6.07, 6.45) is 0. The van der Waals surface area contributed by atoms with Gasteiger partial charge in [-0.15, -0.1) is 0 Å². The molecule has 21 heavy (non-hydrogen) atoms. The minimum Gasteiger partial charge on any atom is -0.487 e. The molecule has 5 heteroatoms. The Labute approximate surface area is 127 Å². The summed E-state index contributed by atoms with van der Waals surface area (Å²) in [5, 5.41) is 9.32. The number of hydrogen-bond acceptors (Lipinski definition) is 3. The smallest absolute Gasteiger partial charge is 0.149 e. The molecule has 0 amide bonds. The van der Waals surface area contributed by atoms with Gasteiger partial charge in [-0.3, -0.25) is 0 Å². The molecule has 0 radical (unpaired) electrons. The summed E-state index contributed by atoms with van der Waals surface area (Å²) in [4.78, 5) is 4.26. The van der Waals surface area contributed by atoms with Crippen LogP contribution in [0.5, 0.6) is 5.75 Å². The Hall–Kier alpha value is -1.91. The van der Waals surface area contributed by atoms with E-state index in [4.69, 9.17) is 21.4 Å². The molecule has 0 atom stereocenters. The molecule has 1 aromatic carbocycles. The third-order valence-corrected chi connectivity index (χ3v) is 3.08. The van der Waals surface area contributed by atoms with E-state index in [0.717, 1.165) is 5.56 Å². The minimum absolute atomic E-state index is 0.147. The molecule has 0 bridgehead atoms. The summed E-state index contributed by atoms with van der Waals surface area (Å²) < 4.78 is 18.7. The van der Waals surface area contributed by atoms with Crippen molar-refractivity contribution in [1.82, 2.24) is 4.98 Å². The number of benzene rings is 1. The number of ether oxygens (including phenoxy) is 1. The Morgan fingerprint density at radius 3 is 2.67 bits per heavy atom. The van der Waals surface area contributed by atoms with E-state index in [1.54, 1.807) is 18.2 Å². The van der Waals surface area contributed by atoms with Gasteiger partial charge in [0.25, 0.3) is 0 Å². The molecule has 1 N–H and O–H groups in total. The van der Waals surface area contributed by atoms with Crippen molar-refractivity contribution >= 4 is 11.6 Å². The zero-order chi connectivity index (χ0) is 15.4. The topological polar surface area (TPSA) is 42.4 Å². The maximum Gasteiger partial charge on any atom is 0.149 e. The van der Waals surface area contributed by atoms with E-state index in [2.05, 4.69) is 11.6 Å². The van der Waals surface area contributed by atoms with Crippen molar-refractivity contribution in [1.29, 1.82) is 0 Å². The molecule has 110 valence electrons. The maximum absolute atomic E-state index is 13.0. The molecule has 0 fully saturated rings. The third kappa shape index (κ3) is 3.80. The van der Waals surface area contributed by atoms with Gasteiger partial charge in [-0.1, -0.05) is 18.2 Å². The van der Waals surface area contributed by atoms with Gasteiger partial charge in [-0.2, -0.15) is 0 Å². The number of hydrogen-bond donors (Lipinski definition) is 1. The van der Waals surface area contributed by atoms with E-state index in [9.17, 15) is 4.39 Å². The van der Waals surface area contributed by atoms with Crippen LogP contribution in [0.1, 0.15) is 5.56 Å². The molecule has 1 heterocycles. The SMILES string of the molecule is C=C(CO)COc1c(C)cc(Cl)nc1-c1ccc(F)cc1. The summed E-state index contributed by atoms with van der Waals surface area (Å²) in [5.74, 6) is 0.217. The summed E-state index contributed by atoms with van der Waals surface area (Å²) in [6.45, 7) is 5.55. The second kappa shape index (κ2) is 6.70. The van der Waals surface area contributed by atoms with Crippen molar-refractivity contribution in [2.24, 2.45) is 0 Å². The lowest BCUT2D eigenvalue weighted by atomic mass is 10.1. The standard InChI is InChI=1S/C16H15ClFNO2/c1-10(8-20)9-21-16-11(2)7-14(17)19-15(16)12-3-5-13(18)6-4-12/h3-7,20H,1,8-9H2,2H3. The Morgan fingerprint density at radius 2 is 2.05 bits per heavy atom. The van der Waals surface area contributed by atoms with Gasteiger partial charge < -0.3 is 9.84 Å². The number of rotatable bonds is 5. The van der Waals surface area contributed by atoms with E-state index in [1.807, 2.05) is 6.92 Å². The monoisotopic (exact) mass is 307 g/mol. The Kier molecular flexibility index (Phi) is 4.94. The van der Waals surface area contributed by atoms with Crippen LogP contribution in [0.25, 0.3) is 11.3 Å². The van der Waals surface area contributed by atoms with Crippen LogP contribution in [0, 0.1) is 12.7 Å². The third-order valence-electron chi connectivity index (χ3n) is 2.89. The molecule has 0 aliphatic rings. The van der Waals surface area contributed by atoms with Crippen molar-refractivity contribution in [2.75, 3.05) is 13.2 Å². The van der Waals surface area contributed by atoms with Crippen molar-refractivity contribution < 1.29 is 14.2 Å². The number of aromatic nitrogens is 1. The first-order valence-electron chi connectivity index (χ1n) is 6.34. The Morgan fingerprint density at radius 1 is 1.38 bits per heavy atom. The molecule has 3 nitrogen and oxygen atoms in total. The first-order chi connectivity index (χ1) is 10.0. The van der Waals surface area contributed by atoms with Crippen molar-refractivity contribution in [3.8, 4) is 17.0 Å². The molecule has 0 unspecified atom stereocenters. The normalized spacial score (nSPS) is 10.5. The summed E-state index contributed by atoms with van der Waals surface area (Å²) in [5.41, 5.74) is 2.59. The lowest BCUT2D eigenvalue weighted by Crippen LogP contribution is -2.06. The number of pyridine rings is 1. The van der Waals surface area contributed by atoms with Gasteiger partial charge in [0.15, 0.2) is 0 Å². The molecular weight excluding hydrogens is 293 g/mol. The molecule has 0 aliphatic carbocycles. The van der Waals surface area contributed by atoms with E-state index in [0.29, 0.717) is 27.7 Å². The molecule has 1 aromatic heterocycles. The highest BCUT2D eigenvalue weighted by Gasteiger charge is 2.13. The van der Waals surface area contributed by atoms with Crippen LogP contribution in [0.2, 0.25) is 5.15 Å². The highest BCUT2D eigenvalue weighted by atomic mass is 35.5. The largest absolute Gasteiger partial charge is 0.487 e. The minimum atomic E-state index is -0.325. The number of aliphatic hydroxyl groups excluding tert-OH is 1. The van der Waals surface area contributed by atoms with Gasteiger partial charge in [-0.05, 0) is 48.4 Å². The van der Waals surface area contributed by atoms with Gasteiger partial charge in [0.05, 0.1) is 6.61 Å². The number of aryl methyl sites for hydroxylation is 1. The second-order valence-electron chi connectivity index (χ2n) is 4.64. The van der Waals surface area contributed by atoms with Crippen molar-refractivity contribution in [3.63, 3.8) is 0 Å². The van der Waals surface area contributed by atoms with Crippen molar-refractivity contribution in [2.45, 2.75) is 6.92 Å². The van der Waals surface area contributed by atoms with Gasteiger partial charge >= 0.3 is 0 Å². The highest BCUT2D eigenvalue weighted by Crippen LogP contribution is 2.33. The first kappa shape index (κ1) is 15.5. The van der Waals surface area contributed by atoms with Gasteiger partial charge in [0.2, 0.25) is 0 Å². The summed E-state index contributed by atoms with van der Waals surface area (Å²) >= 11 is 5.99. The molecule has 0 saturated heterocycles. The molecule has 2 aromatic rings. The zero-order valence-electron chi connectivity index (χ0n) is 11.6. The van der Waals surface area contributed by atoms with Crippen LogP contribution in [0.15, 0.2) is 42.5 Å². The molecular formula is C16H15ClFNO2. The predicted molar refractivity (Wildman–Crippen MR) is 81.1 cm³/mol. The van der Waals surface area contributed by atoms with Crippen LogP contribution in [-0.2, 0) is 0 Å². The summed E-state index contributed by atoms with van der Waals surface area (Å²) in [7, 11) is 0. The summed E-state index contributed by atoms with van der Waals surface area (Å²) in [6, 6.07) is 7.61. The second-order valence-corrected chi connectivity index (χ2v) is 5.03. The average molecular weight is 308 g/mol. The van der Waals surface area contributed by atoms with Crippen LogP contribution in [-0.4, -0.2) is 23.3 Å². The Balaban J connectivity index is 2.43. The lowest BCUT2D eigenvalue weighted by Gasteiger charge is -2.14. The fraction of sp³-hybridized carbons (Fsp3) is 0.188. The molecule has 0 spiro atoms. The van der Waals surface area contributed by atoms with Crippen LogP contribution < -0.4 is 4.74 Å². The van der Waals surface area contributed by atoms with Crippen LogP contribution >= 0.6 is 11.6 Å². The highest BCUT2D eigenvalue weighted by molar-refractivity contribution is 6.29. The van der Waals surface area contributed by atoms with Gasteiger partial charge in [0.1, 0.15) is 29.0 Å².